The molecule has 0 aromatic heterocycles. The number of hydrogen-bond acceptors (Lipinski definition) is 2. The average Bonchev–Trinajstić information content (AvgIpc) is 2.57. The molecular formula is C19H31NO. The van der Waals surface area contributed by atoms with Crippen LogP contribution in [0.5, 0.6) is 0 Å². The molecule has 1 aromatic carbocycles. The Hall–Kier alpha value is -0.860. The summed E-state index contributed by atoms with van der Waals surface area (Å²) in [5, 5.41) is 3.81. The molecule has 1 N–H and O–H groups in total. The molecule has 1 heterocycles. The molecule has 0 radical (unpaired) electrons. The first-order valence-corrected chi connectivity index (χ1v) is 8.65. The summed E-state index contributed by atoms with van der Waals surface area (Å²) in [6.07, 6.45) is 4.82. The topological polar surface area (TPSA) is 21.3 Å². The van der Waals surface area contributed by atoms with Crippen LogP contribution < -0.4 is 5.32 Å². The second-order valence-corrected chi connectivity index (χ2v) is 6.24. The van der Waals surface area contributed by atoms with Crippen molar-refractivity contribution in [1.82, 2.24) is 5.32 Å². The summed E-state index contributed by atoms with van der Waals surface area (Å²) in [4.78, 5) is 0. The second-order valence-electron chi connectivity index (χ2n) is 6.24. The highest BCUT2D eigenvalue weighted by molar-refractivity contribution is 5.28. The van der Waals surface area contributed by atoms with Crippen molar-refractivity contribution in [3.05, 3.63) is 35.9 Å². The zero-order valence-electron chi connectivity index (χ0n) is 13.9. The lowest BCUT2D eigenvalue weighted by molar-refractivity contribution is 0.0216. The number of likely N-dealkylation sites (N-methyl/N-ethyl adjacent to an activating group) is 1. The monoisotopic (exact) mass is 289 g/mol. The standard InChI is InChI=1S/C19H31NO/c1-4-19(5-2,17-12-8-7-9-13-17)18(20-6-3)16-11-10-14-21-15-16/h7-9,12-13,16,18,20H,4-6,10-11,14-15H2,1-3H3. The number of rotatable bonds is 7. The molecule has 0 amide bonds. The zero-order chi connectivity index (χ0) is 15.1. The highest BCUT2D eigenvalue weighted by atomic mass is 16.5. The molecule has 0 bridgehead atoms. The van der Waals surface area contributed by atoms with E-state index in [2.05, 4.69) is 56.4 Å². The van der Waals surface area contributed by atoms with E-state index in [1.54, 1.807) is 0 Å². The maximum absolute atomic E-state index is 5.79. The van der Waals surface area contributed by atoms with Crippen LogP contribution in [0.1, 0.15) is 52.0 Å². The van der Waals surface area contributed by atoms with E-state index in [-0.39, 0.29) is 5.41 Å². The Bertz CT molecular complexity index is 393. The third-order valence-corrected chi connectivity index (χ3v) is 5.30. The van der Waals surface area contributed by atoms with Crippen LogP contribution in [0.25, 0.3) is 0 Å². The van der Waals surface area contributed by atoms with Crippen molar-refractivity contribution in [3.8, 4) is 0 Å². The first kappa shape index (κ1) is 16.5. The van der Waals surface area contributed by atoms with Crippen molar-refractivity contribution in [1.29, 1.82) is 0 Å². The molecule has 2 rings (SSSR count). The molecule has 0 spiro atoms. The van der Waals surface area contributed by atoms with Gasteiger partial charge in [-0.15, -0.1) is 0 Å². The van der Waals surface area contributed by atoms with Crippen LogP contribution in [0.2, 0.25) is 0 Å². The Morgan fingerprint density at radius 3 is 2.43 bits per heavy atom. The maximum atomic E-state index is 5.79. The molecule has 1 aliphatic heterocycles. The first-order valence-electron chi connectivity index (χ1n) is 8.65. The molecule has 21 heavy (non-hydrogen) atoms. The second kappa shape index (κ2) is 7.95. The Balaban J connectivity index is 2.35. The van der Waals surface area contributed by atoms with Gasteiger partial charge in [0.15, 0.2) is 0 Å². The van der Waals surface area contributed by atoms with E-state index in [4.69, 9.17) is 4.74 Å². The fourth-order valence-corrected chi connectivity index (χ4v) is 4.11. The Labute approximate surface area is 130 Å². The van der Waals surface area contributed by atoms with E-state index in [0.717, 1.165) is 19.8 Å². The van der Waals surface area contributed by atoms with Crippen molar-refractivity contribution in [2.75, 3.05) is 19.8 Å². The fraction of sp³-hybridized carbons (Fsp3) is 0.684. The van der Waals surface area contributed by atoms with Crippen molar-refractivity contribution >= 4 is 0 Å². The fourth-order valence-electron chi connectivity index (χ4n) is 4.11. The van der Waals surface area contributed by atoms with Gasteiger partial charge in [-0.25, -0.2) is 0 Å². The van der Waals surface area contributed by atoms with Gasteiger partial charge in [0.05, 0.1) is 6.61 Å². The molecule has 0 aliphatic carbocycles. The van der Waals surface area contributed by atoms with Crippen LogP contribution in [0, 0.1) is 5.92 Å². The Morgan fingerprint density at radius 2 is 1.90 bits per heavy atom. The summed E-state index contributed by atoms with van der Waals surface area (Å²) < 4.78 is 5.79. The summed E-state index contributed by atoms with van der Waals surface area (Å²) in [6, 6.07) is 11.6. The predicted octanol–water partition coefficient (Wildman–Crippen LogP) is 4.15. The lowest BCUT2D eigenvalue weighted by Gasteiger charge is -2.46. The van der Waals surface area contributed by atoms with Crippen LogP contribution in [-0.2, 0) is 10.2 Å². The van der Waals surface area contributed by atoms with Crippen LogP contribution in [0.3, 0.4) is 0 Å². The van der Waals surface area contributed by atoms with Gasteiger partial charge in [-0.1, -0.05) is 51.1 Å². The van der Waals surface area contributed by atoms with Gasteiger partial charge in [0.25, 0.3) is 0 Å². The van der Waals surface area contributed by atoms with Crippen molar-refractivity contribution < 1.29 is 4.74 Å². The van der Waals surface area contributed by atoms with Crippen LogP contribution in [0.15, 0.2) is 30.3 Å². The quantitative estimate of drug-likeness (QED) is 0.814. The summed E-state index contributed by atoms with van der Waals surface area (Å²) in [7, 11) is 0. The van der Waals surface area contributed by atoms with E-state index < -0.39 is 0 Å². The van der Waals surface area contributed by atoms with Crippen LogP contribution >= 0.6 is 0 Å². The van der Waals surface area contributed by atoms with Crippen LogP contribution in [0.4, 0.5) is 0 Å². The highest BCUT2D eigenvalue weighted by Crippen LogP contribution is 2.40. The van der Waals surface area contributed by atoms with Crippen molar-refractivity contribution in [2.45, 2.75) is 57.9 Å². The lowest BCUT2D eigenvalue weighted by Crippen LogP contribution is -2.54. The average molecular weight is 289 g/mol. The Morgan fingerprint density at radius 1 is 1.19 bits per heavy atom. The molecule has 2 nitrogen and oxygen atoms in total. The van der Waals surface area contributed by atoms with Crippen molar-refractivity contribution in [2.24, 2.45) is 5.92 Å². The molecule has 1 saturated heterocycles. The number of nitrogens with one attached hydrogen (secondary N) is 1. The van der Waals surface area contributed by atoms with Gasteiger partial charge in [0, 0.05) is 18.1 Å². The van der Waals surface area contributed by atoms with E-state index in [1.165, 1.54) is 31.2 Å². The van der Waals surface area contributed by atoms with E-state index in [0.29, 0.717) is 12.0 Å². The highest BCUT2D eigenvalue weighted by Gasteiger charge is 2.41. The summed E-state index contributed by atoms with van der Waals surface area (Å²) >= 11 is 0. The minimum absolute atomic E-state index is 0.211. The number of benzene rings is 1. The molecule has 2 atom stereocenters. The van der Waals surface area contributed by atoms with Gasteiger partial charge in [0.2, 0.25) is 0 Å². The molecular weight excluding hydrogens is 258 g/mol. The van der Waals surface area contributed by atoms with Gasteiger partial charge in [-0.2, -0.15) is 0 Å². The molecule has 2 heteroatoms. The van der Waals surface area contributed by atoms with Gasteiger partial charge < -0.3 is 10.1 Å². The van der Waals surface area contributed by atoms with Gasteiger partial charge in [0.1, 0.15) is 0 Å². The number of ether oxygens (including phenoxy) is 1. The zero-order valence-corrected chi connectivity index (χ0v) is 13.9. The normalized spacial score (nSPS) is 21.2. The maximum Gasteiger partial charge on any atom is 0.0509 e. The van der Waals surface area contributed by atoms with E-state index in [9.17, 15) is 0 Å². The summed E-state index contributed by atoms with van der Waals surface area (Å²) in [5.41, 5.74) is 1.69. The molecule has 1 aromatic rings. The first-order chi connectivity index (χ1) is 10.3. The SMILES string of the molecule is CCNC(C1CCCOC1)C(CC)(CC)c1ccccc1. The van der Waals surface area contributed by atoms with Crippen LogP contribution in [-0.4, -0.2) is 25.8 Å². The largest absolute Gasteiger partial charge is 0.381 e. The number of hydrogen-bond donors (Lipinski definition) is 1. The van der Waals surface area contributed by atoms with Crippen molar-refractivity contribution in [3.63, 3.8) is 0 Å². The minimum atomic E-state index is 0.211. The third-order valence-electron chi connectivity index (χ3n) is 5.30. The molecule has 2 unspecified atom stereocenters. The van der Waals surface area contributed by atoms with E-state index in [1.807, 2.05) is 0 Å². The minimum Gasteiger partial charge on any atom is -0.381 e. The van der Waals surface area contributed by atoms with Gasteiger partial charge in [-0.05, 0) is 43.7 Å². The summed E-state index contributed by atoms with van der Waals surface area (Å²) in [6.45, 7) is 9.76. The molecule has 1 fully saturated rings. The molecule has 1 aliphatic rings. The van der Waals surface area contributed by atoms with Gasteiger partial charge in [-0.3, -0.25) is 0 Å². The lowest BCUT2D eigenvalue weighted by atomic mass is 9.65. The summed E-state index contributed by atoms with van der Waals surface area (Å²) in [5.74, 6) is 0.624. The molecule has 118 valence electrons. The Kier molecular flexibility index (Phi) is 6.25. The third kappa shape index (κ3) is 3.49. The predicted molar refractivity (Wildman–Crippen MR) is 89.7 cm³/mol. The molecule has 0 saturated carbocycles. The smallest absolute Gasteiger partial charge is 0.0509 e. The van der Waals surface area contributed by atoms with E-state index >= 15 is 0 Å². The van der Waals surface area contributed by atoms with Gasteiger partial charge >= 0.3 is 0 Å².